The van der Waals surface area contributed by atoms with Gasteiger partial charge in [-0.2, -0.15) is 10.2 Å². The van der Waals surface area contributed by atoms with E-state index in [1.54, 1.807) is 19.1 Å². The zero-order valence-corrected chi connectivity index (χ0v) is 18.1. The zero-order chi connectivity index (χ0) is 23.4. The number of nitrogens with zero attached hydrogens (tertiary/aromatic N) is 4. The van der Waals surface area contributed by atoms with E-state index >= 15 is 0 Å². The van der Waals surface area contributed by atoms with Gasteiger partial charge in [-0.1, -0.05) is 24.8 Å². The van der Waals surface area contributed by atoms with Gasteiger partial charge in [-0.3, -0.25) is 10.1 Å². The first-order valence-corrected chi connectivity index (χ1v) is 10.4. The fourth-order valence-electron chi connectivity index (χ4n) is 3.61. The Balaban J connectivity index is 1.58. The number of ether oxygens (including phenoxy) is 1. The summed E-state index contributed by atoms with van der Waals surface area (Å²) in [7, 11) is 0. The van der Waals surface area contributed by atoms with Crippen LogP contribution in [0.4, 0.5) is 17.1 Å². The molecule has 0 unspecified atom stereocenters. The molecular weight excluding hydrogens is 420 g/mol. The number of nitro groups is 1. The predicted octanol–water partition coefficient (Wildman–Crippen LogP) is 6.63. The number of carbonyl (C=O) groups is 1. The zero-order valence-electron chi connectivity index (χ0n) is 18.1. The summed E-state index contributed by atoms with van der Waals surface area (Å²) in [6.45, 7) is 6.24. The van der Waals surface area contributed by atoms with Crippen LogP contribution in [0.5, 0.6) is 0 Å². The molecule has 8 heteroatoms. The Kier molecular flexibility index (Phi) is 6.26. The molecular formula is C25H22N4O4. The van der Waals surface area contributed by atoms with Gasteiger partial charge < -0.3 is 9.30 Å². The molecule has 4 aromatic rings. The highest BCUT2D eigenvalue weighted by molar-refractivity contribution is 6.08. The van der Waals surface area contributed by atoms with Crippen molar-refractivity contribution in [1.29, 1.82) is 0 Å². The lowest BCUT2D eigenvalue weighted by Gasteiger charge is -2.08. The third kappa shape index (κ3) is 4.79. The number of fused-ring (bicyclic) bond motifs is 3. The van der Waals surface area contributed by atoms with Crippen LogP contribution in [0.3, 0.4) is 0 Å². The molecule has 0 spiro atoms. The number of esters is 1. The van der Waals surface area contributed by atoms with E-state index < -0.39 is 4.92 Å². The fraction of sp³-hybridized carbons (Fsp3) is 0.160. The Labute approximate surface area is 190 Å². The minimum absolute atomic E-state index is 0.0116. The van der Waals surface area contributed by atoms with Crippen LogP contribution in [0.1, 0.15) is 13.3 Å². The van der Waals surface area contributed by atoms with Gasteiger partial charge in [-0.15, -0.1) is 0 Å². The van der Waals surface area contributed by atoms with Crippen LogP contribution in [0.25, 0.3) is 21.8 Å². The molecule has 166 valence electrons. The van der Waals surface area contributed by atoms with E-state index in [2.05, 4.69) is 33.5 Å². The molecule has 0 radical (unpaired) electrons. The summed E-state index contributed by atoms with van der Waals surface area (Å²) < 4.78 is 7.43. The molecule has 0 aliphatic rings. The average Bonchev–Trinajstić information content (AvgIpc) is 3.13. The van der Waals surface area contributed by atoms with Gasteiger partial charge in [0, 0.05) is 46.1 Å². The van der Waals surface area contributed by atoms with E-state index in [0.29, 0.717) is 36.5 Å². The van der Waals surface area contributed by atoms with Crippen LogP contribution in [-0.4, -0.2) is 22.1 Å². The Bertz CT molecular complexity index is 1390. The summed E-state index contributed by atoms with van der Waals surface area (Å²) in [6, 6.07) is 19.9. The van der Waals surface area contributed by atoms with Crippen molar-refractivity contribution in [2.24, 2.45) is 10.2 Å². The van der Waals surface area contributed by atoms with Gasteiger partial charge in [0.05, 0.1) is 22.9 Å². The molecule has 33 heavy (non-hydrogen) atoms. The van der Waals surface area contributed by atoms with E-state index in [4.69, 9.17) is 4.74 Å². The van der Waals surface area contributed by atoms with Crippen LogP contribution in [0.15, 0.2) is 89.1 Å². The molecule has 0 N–H and O–H groups in total. The normalized spacial score (nSPS) is 11.3. The van der Waals surface area contributed by atoms with Gasteiger partial charge in [0.1, 0.15) is 0 Å². The largest absolute Gasteiger partial charge is 0.462 e. The maximum absolute atomic E-state index is 11.6. The monoisotopic (exact) mass is 442 g/mol. The lowest BCUT2D eigenvalue weighted by Crippen LogP contribution is -2.08. The third-order valence-electron chi connectivity index (χ3n) is 5.21. The van der Waals surface area contributed by atoms with Crippen LogP contribution in [-0.2, 0) is 16.1 Å². The van der Waals surface area contributed by atoms with Crippen molar-refractivity contribution < 1.29 is 14.5 Å². The van der Waals surface area contributed by atoms with Crippen LogP contribution in [0, 0.1) is 10.1 Å². The topological polar surface area (TPSA) is 99.1 Å². The minimum atomic E-state index is -0.449. The van der Waals surface area contributed by atoms with Gasteiger partial charge in [-0.05, 0) is 49.7 Å². The minimum Gasteiger partial charge on any atom is -0.462 e. The molecule has 0 bridgehead atoms. The molecule has 8 nitrogen and oxygen atoms in total. The van der Waals surface area contributed by atoms with Crippen molar-refractivity contribution >= 4 is 44.8 Å². The summed E-state index contributed by atoms with van der Waals surface area (Å²) >= 11 is 0. The van der Waals surface area contributed by atoms with E-state index in [1.807, 2.05) is 30.3 Å². The molecule has 4 rings (SSSR count). The van der Waals surface area contributed by atoms with Crippen molar-refractivity contribution in [2.75, 3.05) is 6.61 Å². The number of hydrogen-bond acceptors (Lipinski definition) is 6. The third-order valence-corrected chi connectivity index (χ3v) is 5.21. The Morgan fingerprint density at radius 2 is 1.67 bits per heavy atom. The average molecular weight is 442 g/mol. The van der Waals surface area contributed by atoms with E-state index in [-0.39, 0.29) is 11.7 Å². The van der Waals surface area contributed by atoms with Gasteiger partial charge >= 0.3 is 5.97 Å². The van der Waals surface area contributed by atoms with Gasteiger partial charge in [0.2, 0.25) is 0 Å². The molecule has 1 heterocycles. The number of carbonyl (C=O) groups excluding carboxylic acids is 1. The molecule has 0 amide bonds. The van der Waals surface area contributed by atoms with Crippen molar-refractivity contribution in [2.45, 2.75) is 19.9 Å². The van der Waals surface area contributed by atoms with Crippen molar-refractivity contribution in [3.8, 4) is 0 Å². The predicted molar refractivity (Wildman–Crippen MR) is 127 cm³/mol. The maximum atomic E-state index is 11.6. The second kappa shape index (κ2) is 9.44. The van der Waals surface area contributed by atoms with E-state index in [9.17, 15) is 14.9 Å². The smallest absolute Gasteiger partial charge is 0.333 e. The first-order chi connectivity index (χ1) is 15.9. The second-order valence-corrected chi connectivity index (χ2v) is 7.61. The number of nitro benzene ring substituents is 1. The van der Waals surface area contributed by atoms with Crippen molar-refractivity contribution in [1.82, 2.24) is 4.57 Å². The number of aromatic nitrogens is 1. The molecule has 3 aromatic carbocycles. The molecule has 0 saturated carbocycles. The van der Waals surface area contributed by atoms with Crippen molar-refractivity contribution in [3.05, 3.63) is 89.0 Å². The fourth-order valence-corrected chi connectivity index (χ4v) is 3.61. The highest BCUT2D eigenvalue weighted by atomic mass is 16.6. The first-order valence-electron chi connectivity index (χ1n) is 10.4. The summed E-state index contributed by atoms with van der Waals surface area (Å²) in [5.74, 6) is -0.375. The SMILES string of the molecule is C=C(C)C(=O)OCCCn1c2ccccc2c2cc(N=Nc3ccc([N+](=O)[O-])cc3)ccc21. The number of hydrogen-bond donors (Lipinski definition) is 0. The number of aryl methyl sites for hydroxylation is 1. The van der Waals surface area contributed by atoms with Crippen LogP contribution < -0.4 is 0 Å². The lowest BCUT2D eigenvalue weighted by molar-refractivity contribution is -0.384. The highest BCUT2D eigenvalue weighted by Gasteiger charge is 2.11. The highest BCUT2D eigenvalue weighted by Crippen LogP contribution is 2.32. The van der Waals surface area contributed by atoms with E-state index in [1.165, 1.54) is 12.1 Å². The van der Waals surface area contributed by atoms with Crippen molar-refractivity contribution in [3.63, 3.8) is 0 Å². The molecule has 1 aromatic heterocycles. The Morgan fingerprint density at radius 1 is 1.00 bits per heavy atom. The molecule has 0 saturated heterocycles. The van der Waals surface area contributed by atoms with Crippen LogP contribution in [0.2, 0.25) is 0 Å². The Hall–Kier alpha value is -4.33. The molecule has 0 aliphatic heterocycles. The number of azo groups is 1. The summed E-state index contributed by atoms with van der Waals surface area (Å²) in [5, 5.41) is 21.4. The lowest BCUT2D eigenvalue weighted by atomic mass is 10.1. The van der Waals surface area contributed by atoms with Gasteiger partial charge in [0.25, 0.3) is 5.69 Å². The number of para-hydroxylation sites is 1. The number of rotatable bonds is 8. The van der Waals surface area contributed by atoms with E-state index in [0.717, 1.165) is 21.8 Å². The molecule has 0 fully saturated rings. The number of non-ortho nitro benzene ring substituents is 1. The standard InChI is InChI=1S/C25H22N4O4/c1-17(2)25(30)33-15-5-14-28-23-7-4-3-6-21(23)22-16-19(10-13-24(22)28)27-26-18-8-11-20(12-9-18)29(31)32/h3-4,6-13,16H,1,5,14-15H2,2H3. The maximum Gasteiger partial charge on any atom is 0.333 e. The summed E-state index contributed by atoms with van der Waals surface area (Å²) in [6.07, 6.45) is 0.675. The Morgan fingerprint density at radius 3 is 2.39 bits per heavy atom. The quantitative estimate of drug-likeness (QED) is 0.0763. The molecule has 0 aliphatic carbocycles. The van der Waals surface area contributed by atoms with Gasteiger partial charge in [-0.25, -0.2) is 4.79 Å². The number of benzene rings is 3. The molecule has 0 atom stereocenters. The first kappa shape index (κ1) is 21.9. The summed E-state index contributed by atoms with van der Waals surface area (Å²) in [5.41, 5.74) is 3.76. The van der Waals surface area contributed by atoms with Gasteiger partial charge in [0.15, 0.2) is 0 Å². The van der Waals surface area contributed by atoms with Crippen LogP contribution >= 0.6 is 0 Å². The summed E-state index contributed by atoms with van der Waals surface area (Å²) in [4.78, 5) is 21.9. The second-order valence-electron chi connectivity index (χ2n) is 7.61.